The molecule has 6 nitrogen and oxygen atoms in total. The average molecular weight is 347 g/mol. The van der Waals surface area contributed by atoms with Crippen molar-refractivity contribution in [3.05, 3.63) is 59.9 Å². The summed E-state index contributed by atoms with van der Waals surface area (Å²) < 4.78 is 27.4. The molecule has 0 fully saturated rings. The number of nitrogens with zero attached hydrogens (tertiary/aromatic N) is 2. The van der Waals surface area contributed by atoms with Crippen LogP contribution in [-0.4, -0.2) is 37.3 Å². The maximum Gasteiger partial charge on any atom is 0.253 e. The highest BCUT2D eigenvalue weighted by atomic mass is 32.2. The second-order valence-electron chi connectivity index (χ2n) is 5.19. The Morgan fingerprint density at radius 2 is 1.79 bits per heavy atom. The highest BCUT2D eigenvalue weighted by molar-refractivity contribution is 7.89. The summed E-state index contributed by atoms with van der Waals surface area (Å²) in [6.07, 6.45) is 3.21. The van der Waals surface area contributed by atoms with Crippen LogP contribution in [0.1, 0.15) is 29.8 Å². The van der Waals surface area contributed by atoms with E-state index in [1.165, 1.54) is 12.1 Å². The lowest BCUT2D eigenvalue weighted by Crippen LogP contribution is -2.30. The van der Waals surface area contributed by atoms with Crippen LogP contribution in [-0.2, 0) is 16.6 Å². The number of nitrogens with one attached hydrogen (secondary N) is 1. The molecule has 1 heterocycles. The van der Waals surface area contributed by atoms with Crippen molar-refractivity contribution in [3.63, 3.8) is 0 Å². The molecular weight excluding hydrogens is 326 g/mol. The van der Waals surface area contributed by atoms with Crippen LogP contribution >= 0.6 is 0 Å². The van der Waals surface area contributed by atoms with E-state index in [0.29, 0.717) is 18.7 Å². The van der Waals surface area contributed by atoms with Crippen molar-refractivity contribution in [2.45, 2.75) is 25.3 Å². The van der Waals surface area contributed by atoms with Crippen LogP contribution in [0.25, 0.3) is 0 Å². The topological polar surface area (TPSA) is 79.4 Å². The molecule has 0 aliphatic heterocycles. The molecule has 24 heavy (non-hydrogen) atoms. The van der Waals surface area contributed by atoms with Gasteiger partial charge >= 0.3 is 0 Å². The van der Waals surface area contributed by atoms with E-state index in [1.54, 1.807) is 41.6 Å². The lowest BCUT2D eigenvalue weighted by atomic mass is 10.2. The van der Waals surface area contributed by atoms with Gasteiger partial charge in [-0.3, -0.25) is 9.78 Å². The van der Waals surface area contributed by atoms with Crippen molar-refractivity contribution in [2.75, 3.05) is 13.1 Å². The van der Waals surface area contributed by atoms with Gasteiger partial charge in [0, 0.05) is 37.6 Å². The van der Waals surface area contributed by atoms with E-state index in [9.17, 15) is 13.2 Å². The molecule has 0 spiro atoms. The molecule has 0 unspecified atom stereocenters. The molecule has 2 rings (SSSR count). The number of hydrogen-bond acceptors (Lipinski definition) is 4. The van der Waals surface area contributed by atoms with Crippen LogP contribution in [0, 0.1) is 0 Å². The van der Waals surface area contributed by atoms with Crippen molar-refractivity contribution < 1.29 is 13.2 Å². The summed E-state index contributed by atoms with van der Waals surface area (Å²) >= 11 is 0. The van der Waals surface area contributed by atoms with Gasteiger partial charge in [-0.15, -0.1) is 0 Å². The molecule has 7 heteroatoms. The Kier molecular flexibility index (Phi) is 6.05. The highest BCUT2D eigenvalue weighted by Gasteiger charge is 2.18. The van der Waals surface area contributed by atoms with E-state index in [4.69, 9.17) is 0 Å². The summed E-state index contributed by atoms with van der Waals surface area (Å²) in [6, 6.07) is 9.58. The second-order valence-corrected chi connectivity index (χ2v) is 6.95. The Morgan fingerprint density at radius 3 is 2.42 bits per heavy atom. The first-order valence-electron chi connectivity index (χ1n) is 7.75. The van der Waals surface area contributed by atoms with E-state index in [2.05, 4.69) is 9.71 Å². The van der Waals surface area contributed by atoms with Crippen LogP contribution in [0.3, 0.4) is 0 Å². The molecule has 2 aromatic rings. The number of benzene rings is 1. The fourth-order valence-corrected chi connectivity index (χ4v) is 3.32. The summed E-state index contributed by atoms with van der Waals surface area (Å²) in [7, 11) is -3.69. The van der Waals surface area contributed by atoms with Crippen molar-refractivity contribution in [1.29, 1.82) is 0 Å². The van der Waals surface area contributed by atoms with Crippen molar-refractivity contribution >= 4 is 15.9 Å². The molecule has 128 valence electrons. The highest BCUT2D eigenvalue weighted by Crippen LogP contribution is 2.14. The maximum atomic E-state index is 12.4. The van der Waals surface area contributed by atoms with Gasteiger partial charge in [0.2, 0.25) is 10.0 Å². The van der Waals surface area contributed by atoms with Gasteiger partial charge in [-0.2, -0.15) is 0 Å². The first kappa shape index (κ1) is 18.1. The predicted molar refractivity (Wildman–Crippen MR) is 92.0 cm³/mol. The summed E-state index contributed by atoms with van der Waals surface area (Å²) in [6.45, 7) is 5.09. The smallest absolute Gasteiger partial charge is 0.253 e. The number of hydrogen-bond donors (Lipinski definition) is 1. The third kappa shape index (κ3) is 4.39. The third-order valence-corrected chi connectivity index (χ3v) is 5.06. The first-order valence-corrected chi connectivity index (χ1v) is 9.24. The number of aromatic nitrogens is 1. The molecule has 0 radical (unpaired) electrons. The minimum Gasteiger partial charge on any atom is -0.339 e. The molecule has 0 bridgehead atoms. The fourth-order valence-electron chi connectivity index (χ4n) is 2.25. The molecular formula is C17H21N3O3S. The molecule has 1 aromatic carbocycles. The molecule has 0 atom stereocenters. The second kappa shape index (κ2) is 8.03. The monoisotopic (exact) mass is 347 g/mol. The van der Waals surface area contributed by atoms with Crippen LogP contribution in [0.2, 0.25) is 0 Å². The number of rotatable bonds is 7. The molecule has 1 N–H and O–H groups in total. The van der Waals surface area contributed by atoms with Crippen LogP contribution in [0.15, 0.2) is 53.7 Å². The first-order chi connectivity index (χ1) is 11.5. The molecule has 0 aliphatic carbocycles. The van der Waals surface area contributed by atoms with Gasteiger partial charge in [0.25, 0.3) is 5.91 Å². The Labute approximate surface area is 142 Å². The lowest BCUT2D eigenvalue weighted by Gasteiger charge is -2.19. The zero-order chi connectivity index (χ0) is 17.6. The normalized spacial score (nSPS) is 11.2. The zero-order valence-electron chi connectivity index (χ0n) is 13.8. The zero-order valence-corrected chi connectivity index (χ0v) is 14.6. The Bertz CT molecular complexity index is 788. The van der Waals surface area contributed by atoms with E-state index in [-0.39, 0.29) is 17.3 Å². The largest absolute Gasteiger partial charge is 0.339 e. The Morgan fingerprint density at radius 1 is 1.12 bits per heavy atom. The molecule has 1 aromatic heterocycles. The van der Waals surface area contributed by atoms with Crippen molar-refractivity contribution in [2.24, 2.45) is 0 Å². The van der Waals surface area contributed by atoms with Gasteiger partial charge in [0.05, 0.1) is 4.90 Å². The summed E-state index contributed by atoms with van der Waals surface area (Å²) in [5.41, 5.74) is 1.18. The fraction of sp³-hybridized carbons (Fsp3) is 0.294. The summed E-state index contributed by atoms with van der Waals surface area (Å²) in [5.74, 6) is -0.175. The molecule has 0 aliphatic rings. The minimum absolute atomic E-state index is 0.0783. The van der Waals surface area contributed by atoms with Gasteiger partial charge < -0.3 is 4.90 Å². The van der Waals surface area contributed by atoms with Crippen LogP contribution in [0.4, 0.5) is 0 Å². The SMILES string of the molecule is CCN(CC)C(=O)c1cccc(S(=O)(=O)NCc2ccncc2)c1. The quantitative estimate of drug-likeness (QED) is 0.831. The van der Waals surface area contributed by atoms with Gasteiger partial charge in [0.1, 0.15) is 0 Å². The summed E-state index contributed by atoms with van der Waals surface area (Å²) in [5, 5.41) is 0. The van der Waals surface area contributed by atoms with E-state index in [1.807, 2.05) is 13.8 Å². The van der Waals surface area contributed by atoms with Crippen molar-refractivity contribution in [3.8, 4) is 0 Å². The summed E-state index contributed by atoms with van der Waals surface area (Å²) in [4.78, 5) is 18.0. The lowest BCUT2D eigenvalue weighted by molar-refractivity contribution is 0.0772. The minimum atomic E-state index is -3.69. The molecule has 1 amide bonds. The number of pyridine rings is 1. The van der Waals surface area contributed by atoms with Gasteiger partial charge in [-0.05, 0) is 49.7 Å². The van der Waals surface area contributed by atoms with E-state index >= 15 is 0 Å². The van der Waals surface area contributed by atoms with E-state index in [0.717, 1.165) is 5.56 Å². The van der Waals surface area contributed by atoms with E-state index < -0.39 is 10.0 Å². The molecule has 0 saturated carbocycles. The van der Waals surface area contributed by atoms with Gasteiger partial charge in [-0.25, -0.2) is 13.1 Å². The average Bonchev–Trinajstić information content (AvgIpc) is 2.62. The molecule has 0 saturated heterocycles. The van der Waals surface area contributed by atoms with Gasteiger partial charge in [0.15, 0.2) is 0 Å². The van der Waals surface area contributed by atoms with Crippen molar-refractivity contribution in [1.82, 2.24) is 14.6 Å². The van der Waals surface area contributed by atoms with Crippen LogP contribution < -0.4 is 4.72 Å². The standard InChI is InChI=1S/C17H21N3O3S/c1-3-20(4-2)17(21)15-6-5-7-16(12-15)24(22,23)19-13-14-8-10-18-11-9-14/h5-12,19H,3-4,13H2,1-2H3. The maximum absolute atomic E-state index is 12.4. The number of sulfonamides is 1. The third-order valence-electron chi connectivity index (χ3n) is 3.66. The Balaban J connectivity index is 2.19. The number of amides is 1. The number of carbonyl (C=O) groups excluding carboxylic acids is 1. The van der Waals surface area contributed by atoms with Crippen LogP contribution in [0.5, 0.6) is 0 Å². The number of carbonyl (C=O) groups is 1. The predicted octanol–water partition coefficient (Wildman–Crippen LogP) is 2.04. The van der Waals surface area contributed by atoms with Gasteiger partial charge in [-0.1, -0.05) is 6.07 Å². The Hall–Kier alpha value is -2.25.